The number of rotatable bonds is 7. The summed E-state index contributed by atoms with van der Waals surface area (Å²) < 4.78 is 0. The predicted octanol–water partition coefficient (Wildman–Crippen LogP) is 0.410. The molecule has 15 heavy (non-hydrogen) atoms. The molecule has 1 aliphatic rings. The van der Waals surface area contributed by atoms with E-state index in [1.165, 1.54) is 6.08 Å². The van der Waals surface area contributed by atoms with Crippen molar-refractivity contribution in [3.05, 3.63) is 11.6 Å². The van der Waals surface area contributed by atoms with Gasteiger partial charge in [-0.05, 0) is 19.3 Å². The summed E-state index contributed by atoms with van der Waals surface area (Å²) in [6, 6.07) is 0. The molecular formula is C10H16N2O3. The first-order valence-electron chi connectivity index (χ1n) is 5.11. The Labute approximate surface area is 88.6 Å². The van der Waals surface area contributed by atoms with Gasteiger partial charge >= 0.3 is 0 Å². The molecule has 0 radical (unpaired) electrons. The average Bonchev–Trinajstić information content (AvgIpc) is 2.51. The minimum Gasteiger partial charge on any atom is -0.305 e. The molecule has 0 aliphatic carbocycles. The Hall–Kier alpha value is -1.20. The van der Waals surface area contributed by atoms with E-state index in [1.54, 1.807) is 0 Å². The SMILES string of the molecule is NOCCCCCCC1=CC(=O)NC1=O. The first kappa shape index (κ1) is 11.9. The average molecular weight is 212 g/mol. The van der Waals surface area contributed by atoms with Gasteiger partial charge in [-0.2, -0.15) is 0 Å². The lowest BCUT2D eigenvalue weighted by Gasteiger charge is -2.00. The van der Waals surface area contributed by atoms with E-state index in [-0.39, 0.29) is 11.8 Å². The zero-order chi connectivity index (χ0) is 11.1. The van der Waals surface area contributed by atoms with Crippen LogP contribution in [-0.4, -0.2) is 18.4 Å². The second-order valence-electron chi connectivity index (χ2n) is 3.52. The third-order valence-corrected chi connectivity index (χ3v) is 2.29. The number of unbranched alkanes of at least 4 members (excludes halogenated alkanes) is 3. The van der Waals surface area contributed by atoms with Gasteiger partial charge in [0.05, 0.1) is 6.61 Å². The number of nitrogens with one attached hydrogen (secondary N) is 1. The molecule has 3 N–H and O–H groups in total. The predicted molar refractivity (Wildman–Crippen MR) is 54.5 cm³/mol. The standard InChI is InChI=1S/C10H16N2O3/c11-15-6-4-2-1-3-5-8-7-9(13)12-10(8)14/h7H,1-6,11H2,(H,12,13,14). The fourth-order valence-electron chi connectivity index (χ4n) is 1.49. The van der Waals surface area contributed by atoms with Crippen molar-refractivity contribution in [2.24, 2.45) is 5.90 Å². The van der Waals surface area contributed by atoms with Gasteiger partial charge in [0.2, 0.25) is 0 Å². The van der Waals surface area contributed by atoms with E-state index in [9.17, 15) is 9.59 Å². The molecule has 5 heteroatoms. The number of carbonyl (C=O) groups excluding carboxylic acids is 2. The minimum absolute atomic E-state index is 0.245. The molecule has 0 aromatic heterocycles. The molecule has 84 valence electrons. The molecule has 0 aromatic rings. The van der Waals surface area contributed by atoms with E-state index >= 15 is 0 Å². The van der Waals surface area contributed by atoms with Gasteiger partial charge in [-0.25, -0.2) is 5.90 Å². The van der Waals surface area contributed by atoms with Crippen LogP contribution in [0.25, 0.3) is 0 Å². The summed E-state index contributed by atoms with van der Waals surface area (Å²) in [5.74, 6) is 4.33. The Morgan fingerprint density at radius 1 is 1.20 bits per heavy atom. The first-order chi connectivity index (χ1) is 7.24. The first-order valence-corrected chi connectivity index (χ1v) is 5.11. The quantitative estimate of drug-likeness (QED) is 0.364. The number of hydrogen-bond donors (Lipinski definition) is 2. The van der Waals surface area contributed by atoms with Crippen molar-refractivity contribution in [3.8, 4) is 0 Å². The molecule has 5 nitrogen and oxygen atoms in total. The summed E-state index contributed by atoms with van der Waals surface area (Å²) in [7, 11) is 0. The number of amides is 2. The summed E-state index contributed by atoms with van der Waals surface area (Å²) in [5.41, 5.74) is 0.593. The van der Waals surface area contributed by atoms with Crippen LogP contribution in [0.1, 0.15) is 32.1 Å². The second-order valence-corrected chi connectivity index (χ2v) is 3.52. The third-order valence-electron chi connectivity index (χ3n) is 2.29. The zero-order valence-corrected chi connectivity index (χ0v) is 8.62. The van der Waals surface area contributed by atoms with Gasteiger partial charge in [-0.15, -0.1) is 0 Å². The van der Waals surface area contributed by atoms with Crippen molar-refractivity contribution in [2.75, 3.05) is 6.61 Å². The number of nitrogens with two attached hydrogens (primary N) is 1. The summed E-state index contributed by atoms with van der Waals surface area (Å²) in [6.07, 6.45) is 5.94. The van der Waals surface area contributed by atoms with E-state index < -0.39 is 0 Å². The van der Waals surface area contributed by atoms with Gasteiger partial charge < -0.3 is 4.84 Å². The maximum atomic E-state index is 11.1. The van der Waals surface area contributed by atoms with Gasteiger partial charge in [0.15, 0.2) is 0 Å². The Kier molecular flexibility index (Phi) is 5.00. The van der Waals surface area contributed by atoms with Crippen molar-refractivity contribution in [3.63, 3.8) is 0 Å². The molecular weight excluding hydrogens is 196 g/mol. The van der Waals surface area contributed by atoms with Crippen molar-refractivity contribution in [2.45, 2.75) is 32.1 Å². The third kappa shape index (κ3) is 4.22. The number of imide groups is 1. The van der Waals surface area contributed by atoms with Gasteiger partial charge in [0, 0.05) is 11.6 Å². The van der Waals surface area contributed by atoms with Gasteiger partial charge in [0.1, 0.15) is 0 Å². The van der Waals surface area contributed by atoms with Crippen LogP contribution in [0.4, 0.5) is 0 Å². The van der Waals surface area contributed by atoms with Crippen LogP contribution in [0, 0.1) is 0 Å². The van der Waals surface area contributed by atoms with Crippen LogP contribution in [0.3, 0.4) is 0 Å². The normalized spacial score (nSPS) is 15.4. The summed E-state index contributed by atoms with van der Waals surface area (Å²) in [4.78, 5) is 26.3. The molecule has 0 saturated heterocycles. The van der Waals surface area contributed by atoms with Crippen LogP contribution in [0.5, 0.6) is 0 Å². The van der Waals surface area contributed by atoms with E-state index in [2.05, 4.69) is 10.2 Å². The summed E-state index contributed by atoms with van der Waals surface area (Å²) in [6.45, 7) is 0.571. The van der Waals surface area contributed by atoms with Crippen LogP contribution < -0.4 is 11.2 Å². The van der Waals surface area contributed by atoms with E-state index in [4.69, 9.17) is 5.90 Å². The lowest BCUT2D eigenvalue weighted by Crippen LogP contribution is -2.22. The molecule has 1 heterocycles. The highest BCUT2D eigenvalue weighted by atomic mass is 16.6. The molecule has 0 aromatic carbocycles. The largest absolute Gasteiger partial charge is 0.305 e. The molecule has 0 unspecified atom stereocenters. The Balaban J connectivity index is 2.08. The maximum absolute atomic E-state index is 11.1. The molecule has 0 saturated carbocycles. The summed E-state index contributed by atoms with van der Waals surface area (Å²) >= 11 is 0. The fraction of sp³-hybridized carbons (Fsp3) is 0.600. The van der Waals surface area contributed by atoms with Crippen LogP contribution in [0.15, 0.2) is 11.6 Å². The van der Waals surface area contributed by atoms with E-state index in [0.29, 0.717) is 18.6 Å². The minimum atomic E-state index is -0.300. The maximum Gasteiger partial charge on any atom is 0.254 e. The Bertz CT molecular complexity index is 274. The fourth-order valence-corrected chi connectivity index (χ4v) is 1.49. The van der Waals surface area contributed by atoms with Crippen molar-refractivity contribution in [1.29, 1.82) is 0 Å². The van der Waals surface area contributed by atoms with E-state index in [1.807, 2.05) is 0 Å². The topological polar surface area (TPSA) is 81.4 Å². The lowest BCUT2D eigenvalue weighted by atomic mass is 10.1. The molecule has 0 atom stereocenters. The van der Waals surface area contributed by atoms with Crippen LogP contribution >= 0.6 is 0 Å². The molecule has 0 fully saturated rings. The monoisotopic (exact) mass is 212 g/mol. The number of carbonyl (C=O) groups is 2. The van der Waals surface area contributed by atoms with Crippen LogP contribution in [0.2, 0.25) is 0 Å². The van der Waals surface area contributed by atoms with E-state index in [0.717, 1.165) is 25.7 Å². The molecule has 2 amide bonds. The van der Waals surface area contributed by atoms with Crippen molar-refractivity contribution >= 4 is 11.8 Å². The summed E-state index contributed by atoms with van der Waals surface area (Å²) in [5, 5.41) is 2.22. The highest BCUT2D eigenvalue weighted by molar-refractivity contribution is 6.16. The van der Waals surface area contributed by atoms with Crippen molar-refractivity contribution < 1.29 is 14.4 Å². The molecule has 1 rings (SSSR count). The highest BCUT2D eigenvalue weighted by Crippen LogP contribution is 2.13. The lowest BCUT2D eigenvalue weighted by molar-refractivity contribution is -0.123. The second kappa shape index (κ2) is 6.31. The molecule has 0 bridgehead atoms. The van der Waals surface area contributed by atoms with Gasteiger partial charge in [-0.3, -0.25) is 14.9 Å². The number of hydrogen-bond acceptors (Lipinski definition) is 4. The van der Waals surface area contributed by atoms with Gasteiger partial charge in [-0.1, -0.05) is 12.8 Å². The van der Waals surface area contributed by atoms with Gasteiger partial charge in [0.25, 0.3) is 11.8 Å². The Morgan fingerprint density at radius 2 is 1.93 bits per heavy atom. The molecule has 1 aliphatic heterocycles. The van der Waals surface area contributed by atoms with Crippen LogP contribution in [-0.2, 0) is 14.4 Å². The smallest absolute Gasteiger partial charge is 0.254 e. The highest BCUT2D eigenvalue weighted by Gasteiger charge is 2.19. The van der Waals surface area contributed by atoms with Crippen molar-refractivity contribution in [1.82, 2.24) is 5.32 Å². The zero-order valence-electron chi connectivity index (χ0n) is 8.62. The Morgan fingerprint density at radius 3 is 2.53 bits per heavy atom. The molecule has 0 spiro atoms.